The zero-order valence-electron chi connectivity index (χ0n) is 10.3. The summed E-state index contributed by atoms with van der Waals surface area (Å²) in [5, 5.41) is 16.8. The molecule has 0 aromatic heterocycles. The number of rotatable bonds is 0. The van der Waals surface area contributed by atoms with E-state index in [2.05, 4.69) is 48.5 Å². The van der Waals surface area contributed by atoms with Crippen LogP contribution in [0.1, 0.15) is 0 Å². The molecule has 0 aliphatic heterocycles. The number of hydrogen-bond donors (Lipinski definition) is 1. The van der Waals surface area contributed by atoms with E-state index in [4.69, 9.17) is 0 Å². The average molecular weight is 244 g/mol. The lowest BCUT2D eigenvalue weighted by atomic mass is 9.98. The van der Waals surface area contributed by atoms with Crippen molar-refractivity contribution in [1.82, 2.24) is 0 Å². The summed E-state index contributed by atoms with van der Waals surface area (Å²) in [6.07, 6.45) is 0. The Morgan fingerprint density at radius 1 is 0.526 bits per heavy atom. The molecule has 0 saturated carbocycles. The first kappa shape index (κ1) is 10.4. The molecule has 0 bridgehead atoms. The summed E-state index contributed by atoms with van der Waals surface area (Å²) >= 11 is 0. The Labute approximate surface area is 110 Å². The molecule has 1 nitrogen and oxygen atoms in total. The molecule has 90 valence electrons. The van der Waals surface area contributed by atoms with Crippen LogP contribution < -0.4 is 0 Å². The number of phenols is 1. The first-order valence-corrected chi connectivity index (χ1v) is 6.36. The van der Waals surface area contributed by atoms with Crippen LogP contribution in [0.2, 0.25) is 0 Å². The second-order valence-electron chi connectivity index (χ2n) is 4.86. The fourth-order valence-corrected chi connectivity index (χ4v) is 2.76. The van der Waals surface area contributed by atoms with Crippen molar-refractivity contribution in [3.63, 3.8) is 0 Å². The molecule has 0 unspecified atom stereocenters. The number of aromatic hydroxyl groups is 1. The second kappa shape index (κ2) is 3.72. The van der Waals surface area contributed by atoms with Crippen molar-refractivity contribution in [3.05, 3.63) is 66.7 Å². The van der Waals surface area contributed by atoms with Crippen molar-refractivity contribution in [2.75, 3.05) is 0 Å². The first-order valence-electron chi connectivity index (χ1n) is 6.36. The Bertz CT molecular complexity index is 922. The van der Waals surface area contributed by atoms with Crippen LogP contribution in [0.25, 0.3) is 32.3 Å². The predicted molar refractivity (Wildman–Crippen MR) is 80.6 cm³/mol. The molecular formula is C18H12O. The molecule has 0 aliphatic rings. The van der Waals surface area contributed by atoms with Gasteiger partial charge in [-0.1, -0.05) is 48.5 Å². The minimum atomic E-state index is 0.340. The van der Waals surface area contributed by atoms with Gasteiger partial charge in [0.1, 0.15) is 5.75 Å². The number of benzene rings is 4. The van der Waals surface area contributed by atoms with E-state index >= 15 is 0 Å². The monoisotopic (exact) mass is 244 g/mol. The van der Waals surface area contributed by atoms with Crippen molar-refractivity contribution in [3.8, 4) is 5.75 Å². The van der Waals surface area contributed by atoms with Crippen molar-refractivity contribution >= 4 is 32.3 Å². The van der Waals surface area contributed by atoms with Gasteiger partial charge in [-0.3, -0.25) is 0 Å². The van der Waals surface area contributed by atoms with E-state index < -0.39 is 0 Å². The lowest BCUT2D eigenvalue weighted by Crippen LogP contribution is -1.80. The second-order valence-corrected chi connectivity index (χ2v) is 4.86. The molecule has 0 amide bonds. The van der Waals surface area contributed by atoms with Gasteiger partial charge in [-0.25, -0.2) is 0 Å². The molecule has 0 fully saturated rings. The molecule has 0 spiro atoms. The van der Waals surface area contributed by atoms with Crippen molar-refractivity contribution in [1.29, 1.82) is 0 Å². The largest absolute Gasteiger partial charge is 0.507 e. The molecule has 19 heavy (non-hydrogen) atoms. The van der Waals surface area contributed by atoms with Crippen LogP contribution in [0, 0.1) is 0 Å². The van der Waals surface area contributed by atoms with Gasteiger partial charge in [0.05, 0.1) is 0 Å². The van der Waals surface area contributed by atoms with E-state index in [0.29, 0.717) is 5.75 Å². The Hall–Kier alpha value is -2.54. The molecule has 1 heteroatoms. The highest BCUT2D eigenvalue weighted by molar-refractivity contribution is 6.12. The predicted octanol–water partition coefficient (Wildman–Crippen LogP) is 4.85. The van der Waals surface area contributed by atoms with Crippen LogP contribution in [0.4, 0.5) is 0 Å². The van der Waals surface area contributed by atoms with Gasteiger partial charge in [-0.15, -0.1) is 0 Å². The van der Waals surface area contributed by atoms with Crippen molar-refractivity contribution in [2.45, 2.75) is 0 Å². The van der Waals surface area contributed by atoms with E-state index in [1.54, 1.807) is 6.07 Å². The van der Waals surface area contributed by atoms with Crippen LogP contribution in [0.3, 0.4) is 0 Å². The molecule has 1 N–H and O–H groups in total. The smallest absolute Gasteiger partial charge is 0.123 e. The highest BCUT2D eigenvalue weighted by Gasteiger charge is 2.04. The summed E-state index contributed by atoms with van der Waals surface area (Å²) in [5.41, 5.74) is 0. The third kappa shape index (κ3) is 1.48. The summed E-state index contributed by atoms with van der Waals surface area (Å²) in [5.74, 6) is 0.340. The lowest BCUT2D eigenvalue weighted by molar-refractivity contribution is 0.481. The molecule has 0 saturated heterocycles. The zero-order chi connectivity index (χ0) is 12.8. The topological polar surface area (TPSA) is 20.2 Å². The van der Waals surface area contributed by atoms with Gasteiger partial charge in [0.25, 0.3) is 0 Å². The maximum absolute atomic E-state index is 9.94. The van der Waals surface area contributed by atoms with E-state index in [1.165, 1.54) is 16.2 Å². The first-order chi connectivity index (χ1) is 9.33. The standard InChI is InChI=1S/C18H12O/c19-18-7-3-5-13-10-16-14(11-17(13)18)9-8-12-4-1-2-6-15(12)16/h1-11,19H. The number of hydrogen-bond acceptors (Lipinski definition) is 1. The van der Waals surface area contributed by atoms with Gasteiger partial charge in [0.2, 0.25) is 0 Å². The quantitative estimate of drug-likeness (QED) is 0.346. The van der Waals surface area contributed by atoms with Crippen LogP contribution in [0.5, 0.6) is 5.75 Å². The normalized spacial score (nSPS) is 11.4. The molecule has 4 aromatic rings. The zero-order valence-corrected chi connectivity index (χ0v) is 10.3. The highest BCUT2D eigenvalue weighted by Crippen LogP contribution is 2.32. The number of fused-ring (bicyclic) bond motifs is 4. The van der Waals surface area contributed by atoms with E-state index in [9.17, 15) is 5.11 Å². The molecular weight excluding hydrogens is 232 g/mol. The van der Waals surface area contributed by atoms with Crippen LogP contribution in [0.15, 0.2) is 66.7 Å². The van der Waals surface area contributed by atoms with Gasteiger partial charge < -0.3 is 5.11 Å². The Balaban J connectivity index is 2.26. The Kier molecular flexibility index (Phi) is 2.04. The minimum Gasteiger partial charge on any atom is -0.507 e. The third-order valence-electron chi connectivity index (χ3n) is 3.72. The van der Waals surface area contributed by atoms with Gasteiger partial charge in [-0.05, 0) is 45.1 Å². The maximum Gasteiger partial charge on any atom is 0.123 e. The maximum atomic E-state index is 9.94. The number of phenolic OH excluding ortho intramolecular Hbond substituents is 1. The van der Waals surface area contributed by atoms with Crippen LogP contribution in [-0.4, -0.2) is 5.11 Å². The summed E-state index contributed by atoms with van der Waals surface area (Å²) in [6, 6.07) is 22.5. The van der Waals surface area contributed by atoms with Crippen molar-refractivity contribution < 1.29 is 5.11 Å². The van der Waals surface area contributed by atoms with E-state index in [1.807, 2.05) is 12.1 Å². The molecule has 0 aliphatic carbocycles. The SMILES string of the molecule is Oc1cccc2cc3c(ccc4ccccc43)cc12. The molecule has 0 radical (unpaired) electrons. The minimum absolute atomic E-state index is 0.340. The van der Waals surface area contributed by atoms with E-state index in [-0.39, 0.29) is 0 Å². The fraction of sp³-hybridized carbons (Fsp3) is 0. The van der Waals surface area contributed by atoms with Crippen LogP contribution in [-0.2, 0) is 0 Å². The molecule has 4 rings (SSSR count). The molecule has 4 aromatic carbocycles. The van der Waals surface area contributed by atoms with Crippen LogP contribution >= 0.6 is 0 Å². The lowest BCUT2D eigenvalue weighted by Gasteiger charge is -2.07. The summed E-state index contributed by atoms with van der Waals surface area (Å²) in [4.78, 5) is 0. The van der Waals surface area contributed by atoms with Gasteiger partial charge in [-0.2, -0.15) is 0 Å². The van der Waals surface area contributed by atoms with Gasteiger partial charge in [0.15, 0.2) is 0 Å². The van der Waals surface area contributed by atoms with Crippen molar-refractivity contribution in [2.24, 2.45) is 0 Å². The Morgan fingerprint density at radius 3 is 2.16 bits per heavy atom. The third-order valence-corrected chi connectivity index (χ3v) is 3.72. The summed E-state index contributed by atoms with van der Waals surface area (Å²) in [6.45, 7) is 0. The summed E-state index contributed by atoms with van der Waals surface area (Å²) < 4.78 is 0. The fourth-order valence-electron chi connectivity index (χ4n) is 2.76. The Morgan fingerprint density at radius 2 is 1.21 bits per heavy atom. The highest BCUT2D eigenvalue weighted by atomic mass is 16.3. The average Bonchev–Trinajstić information content (AvgIpc) is 2.46. The molecule has 0 heterocycles. The van der Waals surface area contributed by atoms with Gasteiger partial charge in [0, 0.05) is 5.39 Å². The molecule has 0 atom stereocenters. The van der Waals surface area contributed by atoms with Gasteiger partial charge >= 0.3 is 0 Å². The summed E-state index contributed by atoms with van der Waals surface area (Å²) in [7, 11) is 0. The van der Waals surface area contributed by atoms with E-state index in [0.717, 1.165) is 16.2 Å².